The fourth-order valence-electron chi connectivity index (χ4n) is 0.740. The number of alkyl halides is 3. The van der Waals surface area contributed by atoms with Gasteiger partial charge in [-0.25, -0.2) is 0 Å². The van der Waals surface area contributed by atoms with Gasteiger partial charge in [0, 0.05) is 0 Å². The zero-order valence-electron chi connectivity index (χ0n) is 4.21. The van der Waals surface area contributed by atoms with Crippen LogP contribution in [-0.2, 0) is 0 Å². The molecule has 0 nitrogen and oxygen atoms in total. The molecule has 38 valence electrons. The van der Waals surface area contributed by atoms with Crippen LogP contribution in [0.2, 0.25) is 0 Å². The van der Waals surface area contributed by atoms with Gasteiger partial charge < -0.3 is 0 Å². The monoisotopic (exact) mass is 198 g/mol. The van der Waals surface area contributed by atoms with E-state index in [1.807, 2.05) is 0 Å². The van der Waals surface area contributed by atoms with E-state index in [0.717, 1.165) is 0 Å². The molecule has 1 aliphatic heterocycles. The minimum absolute atomic E-state index is 0.190. The van der Waals surface area contributed by atoms with E-state index in [2.05, 4.69) is 4.93 Å². The third kappa shape index (κ3) is 1.10. The summed E-state index contributed by atoms with van der Waals surface area (Å²) in [5.74, 6) is 0. The molecule has 1 aliphatic rings. The Labute approximate surface area is 46.7 Å². The first-order chi connectivity index (χ1) is 2.89. The summed E-state index contributed by atoms with van der Waals surface area (Å²) in [5.41, 5.74) is 0. The fraction of sp³-hybridized carbons (Fsp3) is 1.00. The Bertz CT molecular complexity index is 37.2. The molecule has 1 heterocycles. The summed E-state index contributed by atoms with van der Waals surface area (Å²) >= 11 is -0.190. The van der Waals surface area contributed by atoms with Crippen molar-refractivity contribution in [3.63, 3.8) is 0 Å². The summed E-state index contributed by atoms with van der Waals surface area (Å²) in [6.07, 6.45) is 3.11. The van der Waals surface area contributed by atoms with Gasteiger partial charge in [-0.3, -0.25) is 0 Å². The van der Waals surface area contributed by atoms with E-state index in [1.165, 1.54) is 0 Å². The quantitative estimate of drug-likeness (QED) is 0.412. The maximum atomic E-state index is 2.50. The van der Waals surface area contributed by atoms with E-state index >= 15 is 0 Å². The summed E-state index contributed by atoms with van der Waals surface area (Å²) in [5, 5.41) is 0. The normalized spacial score (nSPS) is 28.5. The van der Waals surface area contributed by atoms with Crippen LogP contribution < -0.4 is 0 Å². The Morgan fingerprint density at radius 1 is 1.17 bits per heavy atom. The summed E-state index contributed by atoms with van der Waals surface area (Å²) in [4.78, 5) is 2.50. The molecule has 1 saturated heterocycles. The standard InChI is InChI=1S/C5H11I/c1-6-4-2-3-5-6/h2-5H2,1H3. The minimum atomic E-state index is -0.190. The SMILES string of the molecule is CI1CCCC1. The second kappa shape index (κ2) is 2.15. The molecule has 6 heavy (non-hydrogen) atoms. The molecule has 0 aromatic rings. The second-order valence-corrected chi connectivity index (χ2v) is 8.10. The molecule has 0 aromatic carbocycles. The molecule has 0 N–H and O–H groups in total. The van der Waals surface area contributed by atoms with Crippen LogP contribution in [0.25, 0.3) is 0 Å². The Morgan fingerprint density at radius 3 is 1.83 bits per heavy atom. The Kier molecular flexibility index (Phi) is 1.74. The molecular weight excluding hydrogens is 187 g/mol. The first-order valence-electron chi connectivity index (χ1n) is 2.41. The third-order valence-electron chi connectivity index (χ3n) is 1.16. The van der Waals surface area contributed by atoms with Crippen LogP contribution in [0.3, 0.4) is 0 Å². The number of hydrogen-bond donors (Lipinski definition) is 0. The van der Waals surface area contributed by atoms with Gasteiger partial charge in [-0.05, 0) is 0 Å². The molecule has 0 aliphatic carbocycles. The van der Waals surface area contributed by atoms with E-state index in [-0.39, 0.29) is 19.8 Å². The summed E-state index contributed by atoms with van der Waals surface area (Å²) in [7, 11) is 0. The van der Waals surface area contributed by atoms with Gasteiger partial charge >= 0.3 is 46.4 Å². The van der Waals surface area contributed by atoms with E-state index in [1.54, 1.807) is 21.7 Å². The van der Waals surface area contributed by atoms with Crippen molar-refractivity contribution in [1.29, 1.82) is 0 Å². The Morgan fingerprint density at radius 2 is 1.67 bits per heavy atom. The first-order valence-corrected chi connectivity index (χ1v) is 7.62. The van der Waals surface area contributed by atoms with Gasteiger partial charge in [-0.1, -0.05) is 0 Å². The average molecular weight is 198 g/mol. The van der Waals surface area contributed by atoms with Crippen LogP contribution in [0, 0.1) is 0 Å². The molecule has 1 rings (SSSR count). The van der Waals surface area contributed by atoms with E-state index in [4.69, 9.17) is 0 Å². The molecule has 0 amide bonds. The third-order valence-corrected chi connectivity index (χ3v) is 6.37. The number of halogens is 1. The number of rotatable bonds is 0. The van der Waals surface area contributed by atoms with Crippen molar-refractivity contribution in [3.8, 4) is 0 Å². The molecule has 0 aromatic heterocycles. The Balaban J connectivity index is 2.18. The summed E-state index contributed by atoms with van der Waals surface area (Å²) < 4.78 is 3.29. The van der Waals surface area contributed by atoms with E-state index < -0.39 is 0 Å². The molecule has 0 bridgehead atoms. The molecule has 0 saturated carbocycles. The van der Waals surface area contributed by atoms with Crippen LogP contribution in [0.4, 0.5) is 0 Å². The van der Waals surface area contributed by atoms with Gasteiger partial charge in [0.05, 0.1) is 0 Å². The summed E-state index contributed by atoms with van der Waals surface area (Å²) in [6.45, 7) is 0. The fourth-order valence-corrected chi connectivity index (χ4v) is 4.96. The van der Waals surface area contributed by atoms with Gasteiger partial charge in [-0.2, -0.15) is 0 Å². The molecular formula is C5H11I. The van der Waals surface area contributed by atoms with E-state index in [9.17, 15) is 0 Å². The predicted molar refractivity (Wildman–Crippen MR) is 38.9 cm³/mol. The van der Waals surface area contributed by atoms with Crippen LogP contribution >= 0.6 is 19.8 Å². The van der Waals surface area contributed by atoms with E-state index in [0.29, 0.717) is 0 Å². The number of hydrogen-bond acceptors (Lipinski definition) is 0. The molecule has 0 spiro atoms. The Hall–Kier alpha value is 0.730. The van der Waals surface area contributed by atoms with Gasteiger partial charge in [0.1, 0.15) is 0 Å². The van der Waals surface area contributed by atoms with Crippen LogP contribution in [-0.4, -0.2) is 13.8 Å². The van der Waals surface area contributed by atoms with Crippen molar-refractivity contribution in [3.05, 3.63) is 0 Å². The molecule has 0 radical (unpaired) electrons. The van der Waals surface area contributed by atoms with Gasteiger partial charge in [-0.15, -0.1) is 0 Å². The second-order valence-electron chi connectivity index (χ2n) is 1.81. The van der Waals surface area contributed by atoms with Crippen molar-refractivity contribution in [2.75, 3.05) is 13.8 Å². The maximum absolute atomic E-state index is 2.50. The van der Waals surface area contributed by atoms with Gasteiger partial charge in [0.2, 0.25) is 0 Å². The zero-order valence-corrected chi connectivity index (χ0v) is 6.36. The van der Waals surface area contributed by atoms with Gasteiger partial charge in [0.15, 0.2) is 0 Å². The van der Waals surface area contributed by atoms with Crippen molar-refractivity contribution in [2.24, 2.45) is 0 Å². The van der Waals surface area contributed by atoms with Crippen molar-refractivity contribution in [1.82, 2.24) is 0 Å². The zero-order chi connectivity index (χ0) is 4.41. The first kappa shape index (κ1) is 4.88. The van der Waals surface area contributed by atoms with Crippen molar-refractivity contribution in [2.45, 2.75) is 12.8 Å². The molecule has 0 unspecified atom stereocenters. The molecule has 1 heteroatoms. The van der Waals surface area contributed by atoms with Crippen molar-refractivity contribution < 1.29 is 0 Å². The van der Waals surface area contributed by atoms with Crippen LogP contribution in [0.5, 0.6) is 0 Å². The van der Waals surface area contributed by atoms with Crippen LogP contribution in [0.15, 0.2) is 0 Å². The molecule has 0 atom stereocenters. The van der Waals surface area contributed by atoms with Crippen molar-refractivity contribution >= 4 is 19.8 Å². The van der Waals surface area contributed by atoms with Crippen LogP contribution in [0.1, 0.15) is 12.8 Å². The average Bonchev–Trinajstić information content (AvgIpc) is 1.86. The molecule has 1 fully saturated rings. The summed E-state index contributed by atoms with van der Waals surface area (Å²) in [6, 6.07) is 0. The predicted octanol–water partition coefficient (Wildman–Crippen LogP) is 1.92. The van der Waals surface area contributed by atoms with Gasteiger partial charge in [0.25, 0.3) is 0 Å². The topological polar surface area (TPSA) is 0 Å².